The summed E-state index contributed by atoms with van der Waals surface area (Å²) in [5.74, 6) is 1.47. The lowest BCUT2D eigenvalue weighted by atomic mass is 9.95. The highest BCUT2D eigenvalue weighted by Gasteiger charge is 2.47. The maximum Gasteiger partial charge on any atom is 0.264 e. The summed E-state index contributed by atoms with van der Waals surface area (Å²) in [5, 5.41) is 13.6. The van der Waals surface area contributed by atoms with Crippen molar-refractivity contribution in [2.24, 2.45) is 22.7 Å². The summed E-state index contributed by atoms with van der Waals surface area (Å²) in [6.45, 7) is 3.81. The van der Waals surface area contributed by atoms with Crippen molar-refractivity contribution in [2.75, 3.05) is 6.61 Å². The Morgan fingerprint density at radius 3 is 2.89 bits per heavy atom. The average Bonchev–Trinajstić information content (AvgIpc) is 3.05. The molecule has 2 unspecified atom stereocenters. The standard InChI is InChI=1S/C14H22N2O2S/c1-8(7-17)14(2)12(18)16-13(19-14)15-11-6-9-3-4-10(11)5-9/h8-11,17H,3-7H2,1-2H3,(H,15,16,18)/t8?,9-,10+,11+,14?/m1/s1. The van der Waals surface area contributed by atoms with E-state index >= 15 is 0 Å². The summed E-state index contributed by atoms with van der Waals surface area (Å²) in [4.78, 5) is 16.3. The first-order valence-corrected chi connectivity index (χ1v) is 8.04. The van der Waals surface area contributed by atoms with E-state index < -0.39 is 4.75 Å². The smallest absolute Gasteiger partial charge is 0.264 e. The number of carbonyl (C=O) groups excluding carboxylic acids is 1. The fraction of sp³-hybridized carbons (Fsp3) is 0.857. The number of fused-ring (bicyclic) bond motifs is 2. The van der Waals surface area contributed by atoms with Crippen LogP contribution in [0.2, 0.25) is 0 Å². The minimum absolute atomic E-state index is 0.0200. The molecule has 0 aromatic rings. The van der Waals surface area contributed by atoms with Crippen LogP contribution in [0, 0.1) is 17.8 Å². The number of amides is 1. The lowest BCUT2D eigenvalue weighted by Gasteiger charge is -2.27. The molecule has 4 nitrogen and oxygen atoms in total. The van der Waals surface area contributed by atoms with Gasteiger partial charge in [-0.15, -0.1) is 0 Å². The number of aliphatic hydroxyl groups is 1. The van der Waals surface area contributed by atoms with Crippen LogP contribution in [0.1, 0.15) is 39.5 Å². The first-order valence-electron chi connectivity index (χ1n) is 7.22. The summed E-state index contributed by atoms with van der Waals surface area (Å²) in [6.07, 6.45) is 5.26. The summed E-state index contributed by atoms with van der Waals surface area (Å²) in [6, 6.07) is 0.504. The first-order chi connectivity index (χ1) is 9.03. The molecule has 106 valence electrons. The van der Waals surface area contributed by atoms with E-state index in [-0.39, 0.29) is 18.4 Å². The third-order valence-electron chi connectivity index (χ3n) is 5.20. The van der Waals surface area contributed by atoms with Gasteiger partial charge in [0, 0.05) is 18.6 Å². The second kappa shape index (κ2) is 4.77. The Hall–Kier alpha value is -0.550. The van der Waals surface area contributed by atoms with Gasteiger partial charge in [0.2, 0.25) is 0 Å². The van der Waals surface area contributed by atoms with Crippen molar-refractivity contribution in [3.63, 3.8) is 0 Å². The molecule has 0 aromatic heterocycles. The zero-order valence-corrected chi connectivity index (χ0v) is 12.4. The van der Waals surface area contributed by atoms with Gasteiger partial charge in [-0.3, -0.25) is 4.79 Å². The monoisotopic (exact) mass is 282 g/mol. The molecule has 2 aliphatic carbocycles. The molecule has 2 saturated carbocycles. The van der Waals surface area contributed by atoms with Gasteiger partial charge in [-0.25, -0.2) is 0 Å². The van der Waals surface area contributed by atoms with Gasteiger partial charge in [-0.2, -0.15) is 4.99 Å². The predicted molar refractivity (Wildman–Crippen MR) is 77.1 cm³/mol. The van der Waals surface area contributed by atoms with E-state index in [2.05, 4.69) is 10.3 Å². The van der Waals surface area contributed by atoms with Crippen LogP contribution in [0.15, 0.2) is 4.99 Å². The van der Waals surface area contributed by atoms with Crippen molar-refractivity contribution in [2.45, 2.75) is 50.3 Å². The van der Waals surface area contributed by atoms with Crippen LogP contribution in [0.3, 0.4) is 0 Å². The number of aliphatic imine (C=N–C) groups is 1. The largest absolute Gasteiger partial charge is 0.396 e. The van der Waals surface area contributed by atoms with Crippen molar-refractivity contribution < 1.29 is 9.90 Å². The van der Waals surface area contributed by atoms with Crippen LogP contribution >= 0.6 is 11.8 Å². The van der Waals surface area contributed by atoms with E-state index in [1.165, 1.54) is 37.4 Å². The van der Waals surface area contributed by atoms with Gasteiger partial charge in [0.05, 0.1) is 0 Å². The number of aliphatic hydroxyl groups excluding tert-OH is 1. The Kier molecular flexibility index (Phi) is 3.38. The Morgan fingerprint density at radius 1 is 1.53 bits per heavy atom. The van der Waals surface area contributed by atoms with E-state index in [9.17, 15) is 9.90 Å². The third kappa shape index (κ3) is 2.21. The average molecular weight is 282 g/mol. The van der Waals surface area contributed by atoms with Gasteiger partial charge in [-0.1, -0.05) is 25.1 Å². The zero-order valence-electron chi connectivity index (χ0n) is 11.6. The SMILES string of the molecule is CC(CO)C1(C)SC(N[C@H]2C[C@@H]3CC[C@H]2C3)=NC1=O. The molecule has 0 spiro atoms. The van der Waals surface area contributed by atoms with Crippen molar-refractivity contribution in [1.29, 1.82) is 0 Å². The molecule has 19 heavy (non-hydrogen) atoms. The van der Waals surface area contributed by atoms with Crippen LogP contribution in [-0.2, 0) is 4.79 Å². The molecule has 2 N–H and O–H groups in total. The Labute approximate surface area is 118 Å². The molecule has 1 aliphatic heterocycles. The van der Waals surface area contributed by atoms with Crippen LogP contribution in [0.4, 0.5) is 0 Å². The quantitative estimate of drug-likeness (QED) is 0.828. The zero-order chi connectivity index (χ0) is 13.6. The number of carbonyl (C=O) groups is 1. The second-order valence-corrected chi connectivity index (χ2v) is 7.88. The van der Waals surface area contributed by atoms with Gasteiger partial charge in [0.15, 0.2) is 5.17 Å². The lowest BCUT2D eigenvalue weighted by molar-refractivity contribution is -0.120. The topological polar surface area (TPSA) is 61.7 Å². The number of thioether (sulfide) groups is 1. The predicted octanol–water partition coefficient (Wildman–Crippen LogP) is 1.78. The van der Waals surface area contributed by atoms with Crippen LogP contribution in [0.25, 0.3) is 0 Å². The van der Waals surface area contributed by atoms with Gasteiger partial charge in [0.1, 0.15) is 4.75 Å². The van der Waals surface area contributed by atoms with E-state index in [0.717, 1.165) is 17.0 Å². The molecule has 2 fully saturated rings. The molecule has 0 saturated heterocycles. The van der Waals surface area contributed by atoms with Gasteiger partial charge in [-0.05, 0) is 38.0 Å². The van der Waals surface area contributed by atoms with Crippen LogP contribution in [0.5, 0.6) is 0 Å². The lowest BCUT2D eigenvalue weighted by Crippen LogP contribution is -2.39. The van der Waals surface area contributed by atoms with E-state index in [1.807, 2.05) is 13.8 Å². The molecule has 2 bridgehead atoms. The van der Waals surface area contributed by atoms with Gasteiger partial charge in [0.25, 0.3) is 5.91 Å². The molecule has 3 aliphatic rings. The summed E-state index contributed by atoms with van der Waals surface area (Å²) < 4.78 is -0.602. The minimum Gasteiger partial charge on any atom is -0.396 e. The normalized spacial score (nSPS) is 42.6. The van der Waals surface area contributed by atoms with Gasteiger partial charge >= 0.3 is 0 Å². The number of nitrogens with one attached hydrogen (secondary N) is 1. The molecular formula is C14H22N2O2S. The summed E-state index contributed by atoms with van der Waals surface area (Å²) >= 11 is 1.50. The molecule has 1 amide bonds. The van der Waals surface area contributed by atoms with Crippen LogP contribution in [-0.4, -0.2) is 33.6 Å². The van der Waals surface area contributed by atoms with Crippen LogP contribution < -0.4 is 5.32 Å². The molecule has 1 heterocycles. The molecule has 3 rings (SSSR count). The Balaban J connectivity index is 1.65. The molecule has 0 radical (unpaired) electrons. The number of rotatable bonds is 3. The highest BCUT2D eigenvalue weighted by Crippen LogP contribution is 2.46. The second-order valence-electron chi connectivity index (χ2n) is 6.44. The summed E-state index contributed by atoms with van der Waals surface area (Å²) in [5.41, 5.74) is 0. The fourth-order valence-corrected chi connectivity index (χ4v) is 4.75. The van der Waals surface area contributed by atoms with Crippen molar-refractivity contribution >= 4 is 22.8 Å². The molecule has 0 aromatic carbocycles. The maximum atomic E-state index is 12.1. The van der Waals surface area contributed by atoms with Crippen molar-refractivity contribution in [1.82, 2.24) is 5.32 Å². The van der Waals surface area contributed by atoms with E-state index in [4.69, 9.17) is 0 Å². The minimum atomic E-state index is -0.602. The summed E-state index contributed by atoms with van der Waals surface area (Å²) in [7, 11) is 0. The Morgan fingerprint density at radius 2 is 2.32 bits per heavy atom. The van der Waals surface area contributed by atoms with Gasteiger partial charge < -0.3 is 10.4 Å². The highest BCUT2D eigenvalue weighted by molar-refractivity contribution is 8.16. The first kappa shape index (κ1) is 13.4. The van der Waals surface area contributed by atoms with Crippen molar-refractivity contribution in [3.05, 3.63) is 0 Å². The number of hydrogen-bond donors (Lipinski definition) is 2. The highest BCUT2D eigenvalue weighted by atomic mass is 32.2. The number of hydrogen-bond acceptors (Lipinski definition) is 4. The third-order valence-corrected chi connectivity index (χ3v) is 6.60. The van der Waals surface area contributed by atoms with Crippen molar-refractivity contribution in [3.8, 4) is 0 Å². The number of nitrogens with zero attached hydrogens (tertiary/aromatic N) is 1. The fourth-order valence-electron chi connectivity index (χ4n) is 3.60. The maximum absolute atomic E-state index is 12.1. The van der Waals surface area contributed by atoms with E-state index in [1.54, 1.807) is 0 Å². The van der Waals surface area contributed by atoms with E-state index in [0.29, 0.717) is 6.04 Å². The molecule has 5 heteroatoms. The molecule has 5 atom stereocenters. The molecular weight excluding hydrogens is 260 g/mol. The Bertz CT molecular complexity index is 426. The number of amidine groups is 1.